The summed E-state index contributed by atoms with van der Waals surface area (Å²) in [5.41, 5.74) is 3.88. The minimum Gasteiger partial charge on any atom is -0.467 e. The third-order valence-corrected chi connectivity index (χ3v) is 9.94. The average molecular weight is 396 g/mol. The highest BCUT2D eigenvalue weighted by Gasteiger charge is 2.33. The standard InChI is InChI=1S/C23H29NO3Si/c1-23(2,3)28(5,6)15-9-12-20(22(26)27-4)24-21(25)19-14-13-17-10-7-8-11-18(17)16-19/h7-8,10-11,13-14,16,20H,12H2,1-6H3,(H,24,25)/t20-/m0/s1. The zero-order chi connectivity index (χ0) is 20.9. The fourth-order valence-corrected chi connectivity index (χ4v) is 3.39. The van der Waals surface area contributed by atoms with Crippen molar-refractivity contribution in [1.29, 1.82) is 0 Å². The van der Waals surface area contributed by atoms with E-state index in [0.717, 1.165) is 10.8 Å². The van der Waals surface area contributed by atoms with E-state index in [4.69, 9.17) is 4.74 Å². The van der Waals surface area contributed by atoms with E-state index in [0.29, 0.717) is 5.56 Å². The number of rotatable bonds is 4. The predicted molar refractivity (Wildman–Crippen MR) is 117 cm³/mol. The van der Waals surface area contributed by atoms with Crippen LogP contribution in [0, 0.1) is 11.5 Å². The second-order valence-electron chi connectivity index (χ2n) is 8.49. The molecule has 4 nitrogen and oxygen atoms in total. The Morgan fingerprint density at radius 3 is 2.36 bits per heavy atom. The molecular weight excluding hydrogens is 366 g/mol. The highest BCUT2D eigenvalue weighted by atomic mass is 28.3. The number of methoxy groups -OCH3 is 1. The minimum atomic E-state index is -1.78. The van der Waals surface area contributed by atoms with E-state index in [9.17, 15) is 9.59 Å². The second-order valence-corrected chi connectivity index (χ2v) is 13.5. The van der Waals surface area contributed by atoms with E-state index in [1.165, 1.54) is 7.11 Å². The molecule has 0 bridgehead atoms. The van der Waals surface area contributed by atoms with Crippen molar-refractivity contribution in [2.45, 2.75) is 51.4 Å². The smallest absolute Gasteiger partial charge is 0.329 e. The van der Waals surface area contributed by atoms with E-state index in [1.807, 2.05) is 36.4 Å². The lowest BCUT2D eigenvalue weighted by molar-refractivity contribution is -0.142. The fourth-order valence-electron chi connectivity index (χ4n) is 2.47. The molecule has 1 N–H and O–H groups in total. The third-order valence-electron chi connectivity index (χ3n) is 5.38. The summed E-state index contributed by atoms with van der Waals surface area (Å²) in [5.74, 6) is 2.33. The molecule has 2 rings (SSSR count). The largest absolute Gasteiger partial charge is 0.467 e. The van der Waals surface area contributed by atoms with E-state index in [-0.39, 0.29) is 17.4 Å². The first-order valence-electron chi connectivity index (χ1n) is 9.43. The predicted octanol–water partition coefficient (Wildman–Crippen LogP) is 4.55. The van der Waals surface area contributed by atoms with Crippen molar-refractivity contribution >= 4 is 30.7 Å². The van der Waals surface area contributed by atoms with Crippen molar-refractivity contribution in [2.24, 2.45) is 0 Å². The van der Waals surface area contributed by atoms with Crippen LogP contribution >= 0.6 is 0 Å². The van der Waals surface area contributed by atoms with Crippen LogP contribution in [-0.4, -0.2) is 33.1 Å². The number of hydrogen-bond donors (Lipinski definition) is 1. The molecule has 1 amide bonds. The normalized spacial score (nSPS) is 12.6. The Morgan fingerprint density at radius 2 is 1.75 bits per heavy atom. The van der Waals surface area contributed by atoms with Crippen molar-refractivity contribution in [1.82, 2.24) is 5.32 Å². The summed E-state index contributed by atoms with van der Waals surface area (Å²) >= 11 is 0. The van der Waals surface area contributed by atoms with Gasteiger partial charge in [-0.25, -0.2) is 4.79 Å². The summed E-state index contributed by atoms with van der Waals surface area (Å²) in [6.07, 6.45) is 0.235. The van der Waals surface area contributed by atoms with Crippen molar-refractivity contribution in [3.05, 3.63) is 48.0 Å². The Bertz CT molecular complexity index is 932. The zero-order valence-corrected chi connectivity index (χ0v) is 18.6. The molecule has 0 radical (unpaired) electrons. The molecule has 28 heavy (non-hydrogen) atoms. The van der Waals surface area contributed by atoms with Gasteiger partial charge in [0.1, 0.15) is 14.1 Å². The maximum atomic E-state index is 12.7. The Kier molecular flexibility index (Phi) is 6.68. The lowest BCUT2D eigenvalue weighted by Crippen LogP contribution is -2.41. The maximum Gasteiger partial charge on any atom is 0.329 e. The van der Waals surface area contributed by atoms with Gasteiger partial charge in [0, 0.05) is 12.0 Å². The molecule has 0 saturated heterocycles. The number of amides is 1. The lowest BCUT2D eigenvalue weighted by Gasteiger charge is -2.31. The van der Waals surface area contributed by atoms with Gasteiger partial charge in [-0.05, 0) is 27.9 Å². The lowest BCUT2D eigenvalue weighted by atomic mass is 10.1. The van der Waals surface area contributed by atoms with Crippen LogP contribution in [-0.2, 0) is 9.53 Å². The van der Waals surface area contributed by atoms with Gasteiger partial charge in [-0.2, -0.15) is 0 Å². The summed E-state index contributed by atoms with van der Waals surface area (Å²) < 4.78 is 4.86. The van der Waals surface area contributed by atoms with Crippen LogP contribution in [0.2, 0.25) is 18.1 Å². The first-order valence-corrected chi connectivity index (χ1v) is 12.4. The Hall–Kier alpha value is -2.58. The van der Waals surface area contributed by atoms with Crippen molar-refractivity contribution in [3.8, 4) is 11.5 Å². The van der Waals surface area contributed by atoms with Gasteiger partial charge in [-0.1, -0.05) is 64.2 Å². The molecule has 148 valence electrons. The molecule has 0 unspecified atom stereocenters. The molecule has 0 fully saturated rings. The van der Waals surface area contributed by atoms with Gasteiger partial charge in [-0.3, -0.25) is 4.79 Å². The number of carbonyl (C=O) groups is 2. The van der Waals surface area contributed by atoms with Gasteiger partial charge in [-0.15, -0.1) is 11.5 Å². The summed E-state index contributed by atoms with van der Waals surface area (Å²) in [6.45, 7) is 11.0. The molecule has 2 aromatic carbocycles. The summed E-state index contributed by atoms with van der Waals surface area (Å²) in [5, 5.41) is 4.94. The third kappa shape index (κ3) is 5.23. The number of benzene rings is 2. The van der Waals surface area contributed by atoms with Crippen LogP contribution in [0.15, 0.2) is 42.5 Å². The van der Waals surface area contributed by atoms with E-state index < -0.39 is 20.1 Å². The maximum absolute atomic E-state index is 12.7. The van der Waals surface area contributed by atoms with Gasteiger partial charge in [0.25, 0.3) is 5.91 Å². The number of hydrogen-bond acceptors (Lipinski definition) is 3. The molecular formula is C23H29NO3Si. The first-order chi connectivity index (χ1) is 13.0. The summed E-state index contributed by atoms with van der Waals surface area (Å²) in [4.78, 5) is 24.8. The minimum absolute atomic E-state index is 0.134. The van der Waals surface area contributed by atoms with E-state index in [1.54, 1.807) is 6.07 Å². The molecule has 0 aliphatic rings. The number of carbonyl (C=O) groups excluding carboxylic acids is 2. The topological polar surface area (TPSA) is 55.4 Å². The monoisotopic (exact) mass is 395 g/mol. The van der Waals surface area contributed by atoms with Gasteiger partial charge in [0.15, 0.2) is 0 Å². The Labute approximate surface area is 168 Å². The molecule has 5 heteroatoms. The van der Waals surface area contributed by atoms with E-state index in [2.05, 4.69) is 50.6 Å². The highest BCUT2D eigenvalue weighted by molar-refractivity contribution is 6.87. The van der Waals surface area contributed by atoms with Crippen LogP contribution < -0.4 is 5.32 Å². The number of esters is 1. The summed E-state index contributed by atoms with van der Waals surface area (Å²) in [6, 6.07) is 12.5. The highest BCUT2D eigenvalue weighted by Crippen LogP contribution is 2.35. The van der Waals surface area contributed by atoms with Gasteiger partial charge < -0.3 is 10.1 Å². The first kappa shape index (κ1) is 21.7. The molecule has 2 aromatic rings. The number of ether oxygens (including phenoxy) is 1. The number of nitrogens with one attached hydrogen (secondary N) is 1. The molecule has 0 spiro atoms. The van der Waals surface area contributed by atoms with Crippen molar-refractivity contribution in [3.63, 3.8) is 0 Å². The van der Waals surface area contributed by atoms with Crippen molar-refractivity contribution in [2.75, 3.05) is 7.11 Å². The molecule has 0 heterocycles. The van der Waals surface area contributed by atoms with Crippen LogP contribution in [0.4, 0.5) is 0 Å². The molecule has 0 aliphatic carbocycles. The number of fused-ring (bicyclic) bond motifs is 1. The molecule has 0 saturated carbocycles. The zero-order valence-electron chi connectivity index (χ0n) is 17.6. The van der Waals surface area contributed by atoms with Gasteiger partial charge in [0.05, 0.1) is 7.11 Å². The summed E-state index contributed by atoms with van der Waals surface area (Å²) in [7, 11) is -0.459. The van der Waals surface area contributed by atoms with Crippen LogP contribution in [0.1, 0.15) is 37.6 Å². The van der Waals surface area contributed by atoms with Gasteiger partial charge >= 0.3 is 5.97 Å². The van der Waals surface area contributed by atoms with Crippen molar-refractivity contribution < 1.29 is 14.3 Å². The van der Waals surface area contributed by atoms with E-state index >= 15 is 0 Å². The van der Waals surface area contributed by atoms with Crippen LogP contribution in [0.5, 0.6) is 0 Å². The average Bonchev–Trinajstić information content (AvgIpc) is 2.65. The quantitative estimate of drug-likeness (QED) is 0.469. The molecule has 1 atom stereocenters. The van der Waals surface area contributed by atoms with Crippen LogP contribution in [0.3, 0.4) is 0 Å². The van der Waals surface area contributed by atoms with Gasteiger partial charge in [0.2, 0.25) is 0 Å². The Morgan fingerprint density at radius 1 is 1.11 bits per heavy atom. The van der Waals surface area contributed by atoms with Crippen LogP contribution in [0.25, 0.3) is 10.8 Å². The second kappa shape index (κ2) is 8.62. The Balaban J connectivity index is 2.17. The molecule has 0 aromatic heterocycles. The fraction of sp³-hybridized carbons (Fsp3) is 0.391. The molecule has 0 aliphatic heterocycles. The SMILES string of the molecule is COC(=O)[C@H](CC#C[Si](C)(C)C(C)(C)C)NC(=O)c1ccc2ccccc2c1.